The summed E-state index contributed by atoms with van der Waals surface area (Å²) in [6.07, 6.45) is 10.6. The molecule has 0 atom stereocenters. The van der Waals surface area contributed by atoms with Crippen molar-refractivity contribution in [2.24, 2.45) is 0 Å². The molecule has 0 aliphatic carbocycles. The highest BCUT2D eigenvalue weighted by atomic mass is 32.2. The first-order chi connectivity index (χ1) is 7.36. The summed E-state index contributed by atoms with van der Waals surface area (Å²) in [6.45, 7) is 0.839. The van der Waals surface area contributed by atoms with E-state index in [9.17, 15) is 0 Å². The number of nitrogens with zero attached hydrogens (tertiary/aromatic N) is 4. The maximum Gasteiger partial charge on any atom is 0.162 e. The Morgan fingerprint density at radius 1 is 1.53 bits per heavy atom. The van der Waals surface area contributed by atoms with Gasteiger partial charge >= 0.3 is 0 Å². The van der Waals surface area contributed by atoms with E-state index < -0.39 is 0 Å². The number of aryl methyl sites for hydroxylation is 1. The van der Waals surface area contributed by atoms with Crippen molar-refractivity contribution >= 4 is 22.8 Å². The summed E-state index contributed by atoms with van der Waals surface area (Å²) in [4.78, 5) is 8.20. The van der Waals surface area contributed by atoms with Gasteiger partial charge in [-0.3, -0.25) is 0 Å². The van der Waals surface area contributed by atoms with Crippen LogP contribution in [-0.2, 0) is 6.54 Å². The van der Waals surface area contributed by atoms with Crippen LogP contribution in [-0.4, -0.2) is 31.8 Å². The van der Waals surface area contributed by atoms with Gasteiger partial charge in [0.05, 0.1) is 18.1 Å². The van der Waals surface area contributed by atoms with Crippen molar-refractivity contribution in [2.75, 3.05) is 12.0 Å². The number of aromatic nitrogens is 4. The van der Waals surface area contributed by atoms with Gasteiger partial charge in [-0.1, -0.05) is 0 Å². The molecule has 0 bridgehead atoms. The quantitative estimate of drug-likeness (QED) is 0.725. The van der Waals surface area contributed by atoms with Crippen molar-refractivity contribution in [2.45, 2.75) is 6.54 Å². The second kappa shape index (κ2) is 4.32. The average molecular weight is 218 g/mol. The van der Waals surface area contributed by atoms with E-state index in [-0.39, 0.29) is 0 Å². The van der Waals surface area contributed by atoms with Crippen molar-refractivity contribution < 1.29 is 0 Å². The largest absolute Gasteiger partial charge is 0.246 e. The second-order valence-electron chi connectivity index (χ2n) is 2.96. The Morgan fingerprint density at radius 3 is 3.13 bits per heavy atom. The van der Waals surface area contributed by atoms with Gasteiger partial charge in [0.1, 0.15) is 12.0 Å². The summed E-state index contributed by atoms with van der Waals surface area (Å²) < 4.78 is 1.86. The molecule has 0 fully saturated rings. The zero-order valence-electron chi connectivity index (χ0n) is 8.34. The van der Waals surface area contributed by atoms with Gasteiger partial charge in [0, 0.05) is 5.75 Å². The summed E-state index contributed by atoms with van der Waals surface area (Å²) >= 11 is 1.77. The van der Waals surface area contributed by atoms with Crippen LogP contribution in [0.2, 0.25) is 0 Å². The third-order valence-corrected chi connectivity index (χ3v) is 2.67. The lowest BCUT2D eigenvalue weighted by atomic mass is 10.3. The number of terminal acetylenes is 1. The van der Waals surface area contributed by atoms with Gasteiger partial charge in [-0.15, -0.1) is 6.42 Å². The zero-order valence-corrected chi connectivity index (χ0v) is 9.16. The van der Waals surface area contributed by atoms with Crippen LogP contribution in [0, 0.1) is 12.3 Å². The Morgan fingerprint density at radius 2 is 2.40 bits per heavy atom. The SMILES string of the molecule is C#Cc1ncnc2c1cnn2CCSC. The van der Waals surface area contributed by atoms with Crippen LogP contribution < -0.4 is 0 Å². The topological polar surface area (TPSA) is 43.6 Å². The van der Waals surface area contributed by atoms with Crippen LogP contribution in [0.1, 0.15) is 5.69 Å². The highest BCUT2D eigenvalue weighted by Crippen LogP contribution is 2.13. The van der Waals surface area contributed by atoms with Gasteiger partial charge < -0.3 is 0 Å². The molecule has 4 nitrogen and oxygen atoms in total. The number of thioether (sulfide) groups is 1. The average Bonchev–Trinajstić information content (AvgIpc) is 2.69. The predicted molar refractivity (Wildman–Crippen MR) is 61.6 cm³/mol. The molecule has 2 aromatic heterocycles. The standard InChI is InChI=1S/C10H10N4S/c1-3-9-8-6-13-14(4-5-15-2)10(8)12-7-11-9/h1,6-7H,4-5H2,2H3. The maximum absolute atomic E-state index is 5.34. The highest BCUT2D eigenvalue weighted by Gasteiger charge is 2.07. The van der Waals surface area contributed by atoms with Crippen molar-refractivity contribution in [1.29, 1.82) is 0 Å². The van der Waals surface area contributed by atoms with Gasteiger partial charge in [-0.25, -0.2) is 14.6 Å². The van der Waals surface area contributed by atoms with Crippen LogP contribution in [0.5, 0.6) is 0 Å². The molecule has 0 saturated heterocycles. The summed E-state index contributed by atoms with van der Waals surface area (Å²) in [5.74, 6) is 3.54. The fraction of sp³-hybridized carbons (Fsp3) is 0.300. The van der Waals surface area contributed by atoms with E-state index in [4.69, 9.17) is 6.42 Å². The van der Waals surface area contributed by atoms with Crippen LogP contribution in [0.3, 0.4) is 0 Å². The Hall–Kier alpha value is -1.54. The smallest absolute Gasteiger partial charge is 0.162 e. The monoisotopic (exact) mass is 218 g/mol. The van der Waals surface area contributed by atoms with Crippen molar-refractivity contribution in [3.05, 3.63) is 18.2 Å². The molecule has 0 radical (unpaired) electrons. The van der Waals surface area contributed by atoms with E-state index in [1.54, 1.807) is 18.0 Å². The molecule has 0 N–H and O–H groups in total. The van der Waals surface area contributed by atoms with Crippen molar-refractivity contribution in [3.8, 4) is 12.3 Å². The van der Waals surface area contributed by atoms with Crippen molar-refractivity contribution in [3.63, 3.8) is 0 Å². The van der Waals surface area contributed by atoms with E-state index in [0.717, 1.165) is 23.3 Å². The second-order valence-corrected chi connectivity index (χ2v) is 3.95. The predicted octanol–water partition coefficient (Wildman–Crippen LogP) is 1.17. The molecule has 0 aromatic carbocycles. The fourth-order valence-electron chi connectivity index (χ4n) is 1.35. The van der Waals surface area contributed by atoms with E-state index in [2.05, 4.69) is 27.2 Å². The maximum atomic E-state index is 5.34. The molecule has 0 unspecified atom stereocenters. The molecular formula is C10H10N4S. The summed E-state index contributed by atoms with van der Waals surface area (Å²) in [5.41, 5.74) is 1.42. The van der Waals surface area contributed by atoms with Crippen LogP contribution in [0.25, 0.3) is 11.0 Å². The van der Waals surface area contributed by atoms with E-state index in [1.807, 2.05) is 4.68 Å². The summed E-state index contributed by atoms with van der Waals surface area (Å²) in [5, 5.41) is 5.09. The summed E-state index contributed by atoms with van der Waals surface area (Å²) in [6, 6.07) is 0. The first kappa shape index (κ1) is 9.99. The molecule has 0 aliphatic rings. The minimum absolute atomic E-state index is 0.607. The van der Waals surface area contributed by atoms with Crippen LogP contribution >= 0.6 is 11.8 Å². The number of hydrogen-bond donors (Lipinski definition) is 0. The fourth-order valence-corrected chi connectivity index (χ4v) is 1.70. The Bertz CT molecular complexity index is 512. The van der Waals surface area contributed by atoms with Gasteiger partial charge in [-0.2, -0.15) is 16.9 Å². The molecular weight excluding hydrogens is 208 g/mol. The first-order valence-electron chi connectivity index (χ1n) is 4.49. The van der Waals surface area contributed by atoms with E-state index >= 15 is 0 Å². The first-order valence-corrected chi connectivity index (χ1v) is 5.88. The molecule has 2 aromatic rings. The van der Waals surface area contributed by atoms with Gasteiger partial charge in [0.15, 0.2) is 5.65 Å². The third-order valence-electron chi connectivity index (χ3n) is 2.08. The van der Waals surface area contributed by atoms with Crippen LogP contribution in [0.15, 0.2) is 12.5 Å². The third kappa shape index (κ3) is 1.81. The zero-order chi connectivity index (χ0) is 10.7. The normalized spacial score (nSPS) is 10.4. The molecule has 0 saturated carbocycles. The molecule has 2 heterocycles. The van der Waals surface area contributed by atoms with E-state index in [1.165, 1.54) is 6.33 Å². The molecule has 0 amide bonds. The molecule has 2 rings (SSSR count). The van der Waals surface area contributed by atoms with E-state index in [0.29, 0.717) is 5.69 Å². The molecule has 76 valence electrons. The number of fused-ring (bicyclic) bond motifs is 1. The Labute approximate surface area is 92.1 Å². The lowest BCUT2D eigenvalue weighted by Gasteiger charge is -2.00. The molecule has 15 heavy (non-hydrogen) atoms. The van der Waals surface area contributed by atoms with Crippen LogP contribution in [0.4, 0.5) is 0 Å². The minimum Gasteiger partial charge on any atom is -0.246 e. The number of hydrogen-bond acceptors (Lipinski definition) is 4. The number of rotatable bonds is 3. The van der Waals surface area contributed by atoms with Crippen molar-refractivity contribution in [1.82, 2.24) is 19.7 Å². The lowest BCUT2D eigenvalue weighted by molar-refractivity contribution is 0.683. The Kier molecular flexibility index (Phi) is 2.88. The van der Waals surface area contributed by atoms with Gasteiger partial charge in [-0.05, 0) is 12.2 Å². The van der Waals surface area contributed by atoms with Gasteiger partial charge in [0.2, 0.25) is 0 Å². The van der Waals surface area contributed by atoms with Gasteiger partial charge in [0.25, 0.3) is 0 Å². The molecule has 0 spiro atoms. The summed E-state index contributed by atoms with van der Waals surface area (Å²) in [7, 11) is 0. The lowest BCUT2D eigenvalue weighted by Crippen LogP contribution is -2.03. The minimum atomic E-state index is 0.607. The highest BCUT2D eigenvalue weighted by molar-refractivity contribution is 7.98. The molecule has 0 aliphatic heterocycles. The molecule has 5 heteroatoms. The Balaban J connectivity index is 2.47.